The van der Waals surface area contributed by atoms with Crippen LogP contribution in [0.3, 0.4) is 0 Å². The van der Waals surface area contributed by atoms with Gasteiger partial charge in [-0.2, -0.15) is 0 Å². The molecule has 0 aliphatic carbocycles. The third kappa shape index (κ3) is 5.66. The van der Waals surface area contributed by atoms with Gasteiger partial charge in [0.15, 0.2) is 0 Å². The summed E-state index contributed by atoms with van der Waals surface area (Å²) in [4.78, 5) is 11.8. The smallest absolute Gasteiger partial charge is 0.241 e. The first kappa shape index (κ1) is 26.0. The Bertz CT molecular complexity index is 1370. The largest absolute Gasteiger partial charge is 0.484 e. The van der Waals surface area contributed by atoms with Crippen LogP contribution in [0.2, 0.25) is 0 Å². The van der Waals surface area contributed by atoms with Crippen molar-refractivity contribution in [1.29, 1.82) is 0 Å². The maximum atomic E-state index is 14.1. The van der Waals surface area contributed by atoms with E-state index in [-0.39, 0.29) is 11.5 Å². The quantitative estimate of drug-likeness (QED) is 0.311. The van der Waals surface area contributed by atoms with Crippen molar-refractivity contribution < 1.29 is 23.0 Å². The van der Waals surface area contributed by atoms with Crippen LogP contribution in [0, 0.1) is 11.6 Å². The van der Waals surface area contributed by atoms with E-state index in [1.54, 1.807) is 30.7 Å². The fourth-order valence-electron chi connectivity index (χ4n) is 3.84. The van der Waals surface area contributed by atoms with Gasteiger partial charge in [0.25, 0.3) is 0 Å². The SMILES string of the molecule is COc1nn(-c2ccccc2)c2ccc(O[C@H](c3cc(F)cc(F)c3)[C@H](C)NC(=O)C(C)(P)P)cc12. The Balaban J connectivity index is 1.73. The number of amides is 1. The molecule has 1 N–H and O–H groups in total. The van der Waals surface area contributed by atoms with E-state index >= 15 is 0 Å². The van der Waals surface area contributed by atoms with Gasteiger partial charge < -0.3 is 14.8 Å². The minimum absolute atomic E-state index is 0.251. The van der Waals surface area contributed by atoms with Gasteiger partial charge in [-0.25, -0.2) is 13.5 Å². The fraction of sp³-hybridized carbons (Fsp3) is 0.231. The highest BCUT2D eigenvalue weighted by molar-refractivity contribution is 7.42. The van der Waals surface area contributed by atoms with Gasteiger partial charge >= 0.3 is 0 Å². The van der Waals surface area contributed by atoms with Gasteiger partial charge in [0.2, 0.25) is 11.8 Å². The summed E-state index contributed by atoms with van der Waals surface area (Å²) in [6, 6.07) is 17.5. The molecule has 4 atom stereocenters. The highest BCUT2D eigenvalue weighted by Crippen LogP contribution is 2.34. The molecule has 0 radical (unpaired) electrons. The number of hydrogen-bond acceptors (Lipinski definition) is 4. The van der Waals surface area contributed by atoms with Gasteiger partial charge in [0.05, 0.1) is 34.6 Å². The second-order valence-electron chi connectivity index (χ2n) is 8.72. The van der Waals surface area contributed by atoms with Gasteiger partial charge in [-0.1, -0.05) is 18.2 Å². The van der Waals surface area contributed by atoms with Crippen molar-refractivity contribution in [3.63, 3.8) is 0 Å². The minimum atomic E-state index is -0.885. The van der Waals surface area contributed by atoms with Crippen LogP contribution in [0.1, 0.15) is 25.5 Å². The number of aromatic nitrogens is 2. The van der Waals surface area contributed by atoms with Crippen molar-refractivity contribution in [3.05, 3.63) is 83.9 Å². The summed E-state index contributed by atoms with van der Waals surface area (Å²) in [6.07, 6.45) is -0.885. The molecule has 0 saturated carbocycles. The molecule has 0 aliphatic heterocycles. The van der Waals surface area contributed by atoms with Crippen LogP contribution in [-0.2, 0) is 4.79 Å². The van der Waals surface area contributed by atoms with Crippen LogP contribution in [-0.4, -0.2) is 33.7 Å². The number of carbonyl (C=O) groups is 1. The fourth-order valence-corrected chi connectivity index (χ4v) is 4.01. The molecule has 3 aromatic carbocycles. The molecular formula is C26H27F2N3O3P2. The molecule has 2 unspecified atom stereocenters. The monoisotopic (exact) mass is 529 g/mol. The summed E-state index contributed by atoms with van der Waals surface area (Å²) in [5.41, 5.74) is 1.91. The summed E-state index contributed by atoms with van der Waals surface area (Å²) in [6.45, 7) is 3.44. The summed E-state index contributed by atoms with van der Waals surface area (Å²) in [5, 5.41) is 8.13. The van der Waals surface area contributed by atoms with Crippen molar-refractivity contribution in [2.75, 3.05) is 7.11 Å². The second kappa shape index (κ2) is 10.5. The highest BCUT2D eigenvalue weighted by Gasteiger charge is 2.29. The number of para-hydroxylation sites is 1. The zero-order valence-electron chi connectivity index (χ0n) is 20.0. The number of halogens is 2. The van der Waals surface area contributed by atoms with Crippen LogP contribution in [0.15, 0.2) is 66.7 Å². The number of ether oxygens (including phenoxy) is 2. The lowest BCUT2D eigenvalue weighted by Gasteiger charge is -2.29. The third-order valence-corrected chi connectivity index (χ3v) is 6.11. The van der Waals surface area contributed by atoms with E-state index in [4.69, 9.17) is 9.47 Å². The molecule has 1 aromatic heterocycles. The van der Waals surface area contributed by atoms with Crippen LogP contribution in [0.4, 0.5) is 8.78 Å². The number of rotatable bonds is 8. The van der Waals surface area contributed by atoms with Crippen molar-refractivity contribution in [2.24, 2.45) is 0 Å². The predicted molar refractivity (Wildman–Crippen MR) is 143 cm³/mol. The summed E-state index contributed by atoms with van der Waals surface area (Å²) in [7, 11) is 6.41. The van der Waals surface area contributed by atoms with Crippen LogP contribution in [0.25, 0.3) is 16.6 Å². The molecule has 188 valence electrons. The van der Waals surface area contributed by atoms with E-state index in [1.807, 2.05) is 36.4 Å². The molecule has 0 fully saturated rings. The Morgan fingerprint density at radius 3 is 2.33 bits per heavy atom. The van der Waals surface area contributed by atoms with Crippen LogP contribution in [0.5, 0.6) is 11.6 Å². The zero-order chi connectivity index (χ0) is 26.0. The lowest BCUT2D eigenvalue weighted by Crippen LogP contribution is -2.44. The van der Waals surface area contributed by atoms with Crippen molar-refractivity contribution >= 4 is 35.3 Å². The van der Waals surface area contributed by atoms with Crippen molar-refractivity contribution in [3.8, 4) is 17.3 Å². The number of methoxy groups -OCH3 is 1. The molecule has 0 saturated heterocycles. The lowest BCUT2D eigenvalue weighted by molar-refractivity contribution is -0.122. The molecule has 0 aliphatic rings. The Hall–Kier alpha value is -3.08. The Labute approximate surface area is 212 Å². The molecule has 4 aromatic rings. The maximum absolute atomic E-state index is 14.1. The Kier molecular flexibility index (Phi) is 7.58. The van der Waals surface area contributed by atoms with Crippen LogP contribution >= 0.6 is 18.5 Å². The number of carbonyl (C=O) groups excluding carboxylic acids is 1. The number of nitrogens with one attached hydrogen (secondary N) is 1. The minimum Gasteiger partial charge on any atom is -0.484 e. The van der Waals surface area contributed by atoms with Gasteiger partial charge in [-0.3, -0.25) is 4.79 Å². The zero-order valence-corrected chi connectivity index (χ0v) is 22.3. The van der Waals surface area contributed by atoms with Gasteiger partial charge in [-0.15, -0.1) is 23.6 Å². The van der Waals surface area contributed by atoms with Gasteiger partial charge in [0.1, 0.15) is 23.5 Å². The predicted octanol–water partition coefficient (Wildman–Crippen LogP) is 5.40. The molecule has 10 heteroatoms. The summed E-state index contributed by atoms with van der Waals surface area (Å²) >= 11 is 0. The maximum Gasteiger partial charge on any atom is 0.241 e. The molecule has 6 nitrogen and oxygen atoms in total. The Morgan fingerprint density at radius 1 is 1.06 bits per heavy atom. The first-order valence-corrected chi connectivity index (χ1v) is 12.4. The molecule has 1 amide bonds. The molecule has 36 heavy (non-hydrogen) atoms. The van der Waals surface area contributed by atoms with Crippen molar-refractivity contribution in [2.45, 2.75) is 30.9 Å². The van der Waals surface area contributed by atoms with Crippen molar-refractivity contribution in [1.82, 2.24) is 15.1 Å². The van der Waals surface area contributed by atoms with E-state index in [0.717, 1.165) is 17.3 Å². The van der Waals surface area contributed by atoms with Crippen LogP contribution < -0.4 is 14.8 Å². The van der Waals surface area contributed by atoms with E-state index in [9.17, 15) is 13.6 Å². The highest BCUT2D eigenvalue weighted by atomic mass is 31.1. The molecule has 4 rings (SSSR count). The van der Waals surface area contributed by atoms with E-state index in [1.165, 1.54) is 19.2 Å². The normalized spacial score (nSPS) is 13.3. The third-order valence-electron chi connectivity index (χ3n) is 5.59. The average Bonchev–Trinajstić information content (AvgIpc) is 3.19. The number of benzene rings is 3. The number of nitrogens with zero attached hydrogens (tertiary/aromatic N) is 2. The summed E-state index contributed by atoms with van der Waals surface area (Å²) in [5.74, 6) is -0.933. The second-order valence-corrected chi connectivity index (χ2v) is 11.8. The Morgan fingerprint density at radius 2 is 1.72 bits per heavy atom. The van der Waals surface area contributed by atoms with E-state index in [0.29, 0.717) is 17.0 Å². The topological polar surface area (TPSA) is 65.4 Å². The number of fused-ring (bicyclic) bond motifs is 1. The molecule has 1 heterocycles. The first-order chi connectivity index (χ1) is 17.1. The summed E-state index contributed by atoms with van der Waals surface area (Å²) < 4.78 is 41.7. The standard InChI is InChI=1S/C26H27F2N3O3P2/c1-15(29-25(32)26(2,35)36)23(16-11-17(27)13-18(28)12-16)34-20-9-10-22-21(14-20)24(33-3)30-31(22)19-7-5-4-6-8-19/h4-15,23H,35-36H2,1-3H3,(H,29,32)/t15-,23-/m0/s1. The lowest BCUT2D eigenvalue weighted by atomic mass is 10.0. The average molecular weight is 529 g/mol. The number of hydrogen-bond donors (Lipinski definition) is 1. The molecule has 0 spiro atoms. The molecule has 0 bridgehead atoms. The van der Waals surface area contributed by atoms with Gasteiger partial charge in [0, 0.05) is 11.6 Å². The molecular weight excluding hydrogens is 502 g/mol. The van der Waals surface area contributed by atoms with Gasteiger partial charge in [-0.05, 0) is 56.3 Å². The van der Waals surface area contributed by atoms with E-state index in [2.05, 4.69) is 28.9 Å². The first-order valence-electron chi connectivity index (χ1n) is 11.2. The van der Waals surface area contributed by atoms with E-state index < -0.39 is 28.7 Å².